The van der Waals surface area contributed by atoms with Crippen molar-refractivity contribution in [3.63, 3.8) is 0 Å². The first-order valence-corrected chi connectivity index (χ1v) is 8.11. The molecule has 0 N–H and O–H groups in total. The summed E-state index contributed by atoms with van der Waals surface area (Å²) in [6.07, 6.45) is 8.13. The summed E-state index contributed by atoms with van der Waals surface area (Å²) in [6.45, 7) is 2.09. The molecular formula is C15H17N5S. The van der Waals surface area contributed by atoms with Crippen molar-refractivity contribution in [1.29, 1.82) is 0 Å². The van der Waals surface area contributed by atoms with Crippen molar-refractivity contribution >= 4 is 27.4 Å². The molecule has 0 unspecified atom stereocenters. The second kappa shape index (κ2) is 5.11. The van der Waals surface area contributed by atoms with Gasteiger partial charge < -0.3 is 4.90 Å². The predicted octanol–water partition coefficient (Wildman–Crippen LogP) is 2.81. The fraction of sp³-hybridized carbons (Fsp3) is 0.400. The van der Waals surface area contributed by atoms with E-state index in [1.165, 1.54) is 10.9 Å². The molecule has 0 saturated carbocycles. The molecule has 0 aliphatic carbocycles. The Kier molecular flexibility index (Phi) is 3.11. The molecule has 0 spiro atoms. The molecule has 1 aliphatic rings. The zero-order chi connectivity index (χ0) is 14.2. The van der Waals surface area contributed by atoms with Gasteiger partial charge in [0.1, 0.15) is 17.0 Å². The normalized spacial score (nSPS) is 16.7. The summed E-state index contributed by atoms with van der Waals surface area (Å²) in [5, 5.41) is 7.56. The number of fused-ring (bicyclic) bond motifs is 1. The van der Waals surface area contributed by atoms with Crippen molar-refractivity contribution in [1.82, 2.24) is 19.7 Å². The van der Waals surface area contributed by atoms with Crippen molar-refractivity contribution in [2.75, 3.05) is 18.0 Å². The largest absolute Gasteiger partial charge is 0.356 e. The number of anilines is 1. The average Bonchev–Trinajstić information content (AvgIpc) is 3.15. The highest BCUT2D eigenvalue weighted by molar-refractivity contribution is 7.16. The summed E-state index contributed by atoms with van der Waals surface area (Å²) in [4.78, 5) is 12.3. The minimum Gasteiger partial charge on any atom is -0.356 e. The van der Waals surface area contributed by atoms with Crippen LogP contribution in [0.1, 0.15) is 24.3 Å². The molecule has 0 amide bonds. The lowest BCUT2D eigenvalue weighted by Gasteiger charge is -2.32. The molecule has 0 aromatic carbocycles. The monoisotopic (exact) mass is 299 g/mol. The van der Waals surface area contributed by atoms with Gasteiger partial charge in [-0.25, -0.2) is 9.97 Å². The van der Waals surface area contributed by atoms with Crippen molar-refractivity contribution in [3.8, 4) is 0 Å². The van der Waals surface area contributed by atoms with Crippen LogP contribution in [0, 0.1) is 0 Å². The molecule has 0 radical (unpaired) electrons. The van der Waals surface area contributed by atoms with Crippen LogP contribution in [0.5, 0.6) is 0 Å². The molecule has 3 aromatic rings. The number of aryl methyl sites for hydroxylation is 1. The Morgan fingerprint density at radius 1 is 1.24 bits per heavy atom. The number of piperidine rings is 1. The molecule has 108 valence electrons. The quantitative estimate of drug-likeness (QED) is 0.730. The Labute approximate surface area is 127 Å². The summed E-state index contributed by atoms with van der Waals surface area (Å²) in [5.41, 5.74) is 1.36. The zero-order valence-corrected chi connectivity index (χ0v) is 12.8. The van der Waals surface area contributed by atoms with Gasteiger partial charge in [0, 0.05) is 26.3 Å². The van der Waals surface area contributed by atoms with Crippen LogP contribution in [0.2, 0.25) is 0 Å². The van der Waals surface area contributed by atoms with E-state index in [9.17, 15) is 0 Å². The highest BCUT2D eigenvalue weighted by atomic mass is 32.1. The standard InChI is InChI=1S/C15H17N5S/c1-19-9-12(8-18-19)11-2-5-20(6-3-11)14-13-4-7-21-15(13)17-10-16-14/h4,7-11H,2-3,5-6H2,1H3. The molecule has 5 nitrogen and oxygen atoms in total. The maximum Gasteiger partial charge on any atom is 0.140 e. The molecule has 4 rings (SSSR count). The van der Waals surface area contributed by atoms with Crippen molar-refractivity contribution in [2.24, 2.45) is 7.05 Å². The number of hydrogen-bond acceptors (Lipinski definition) is 5. The van der Waals surface area contributed by atoms with Gasteiger partial charge in [0.15, 0.2) is 0 Å². The van der Waals surface area contributed by atoms with Gasteiger partial charge in [-0.15, -0.1) is 11.3 Å². The van der Waals surface area contributed by atoms with Gasteiger partial charge in [0.05, 0.1) is 11.6 Å². The van der Waals surface area contributed by atoms with Crippen LogP contribution < -0.4 is 4.90 Å². The SMILES string of the molecule is Cn1cc(C2CCN(c3ncnc4sccc34)CC2)cn1. The third-order valence-corrected chi connectivity index (χ3v) is 5.05. The minimum atomic E-state index is 0.620. The highest BCUT2D eigenvalue weighted by Crippen LogP contribution is 2.33. The molecule has 1 aliphatic heterocycles. The zero-order valence-electron chi connectivity index (χ0n) is 11.9. The summed E-state index contributed by atoms with van der Waals surface area (Å²) in [7, 11) is 1.98. The van der Waals surface area contributed by atoms with Crippen LogP contribution in [-0.4, -0.2) is 32.8 Å². The number of hydrogen-bond donors (Lipinski definition) is 0. The Hall–Kier alpha value is -1.95. The Morgan fingerprint density at radius 3 is 2.86 bits per heavy atom. The maximum atomic E-state index is 4.51. The van der Waals surface area contributed by atoms with Gasteiger partial charge in [-0.2, -0.15) is 5.10 Å². The summed E-state index contributed by atoms with van der Waals surface area (Å²) in [5.74, 6) is 1.71. The summed E-state index contributed by atoms with van der Waals surface area (Å²) >= 11 is 1.68. The van der Waals surface area contributed by atoms with Crippen molar-refractivity contribution in [3.05, 3.63) is 35.7 Å². The molecule has 3 aromatic heterocycles. The van der Waals surface area contributed by atoms with E-state index in [2.05, 4.69) is 37.6 Å². The van der Waals surface area contributed by atoms with E-state index in [0.29, 0.717) is 5.92 Å². The fourth-order valence-electron chi connectivity index (χ4n) is 3.10. The third kappa shape index (κ3) is 2.29. The lowest BCUT2D eigenvalue weighted by atomic mass is 9.91. The molecule has 0 atom stereocenters. The maximum absolute atomic E-state index is 4.51. The average molecular weight is 299 g/mol. The van der Waals surface area contributed by atoms with Gasteiger partial charge >= 0.3 is 0 Å². The lowest BCUT2D eigenvalue weighted by molar-refractivity contribution is 0.503. The second-order valence-electron chi connectivity index (χ2n) is 5.55. The van der Waals surface area contributed by atoms with Crippen LogP contribution in [0.4, 0.5) is 5.82 Å². The van der Waals surface area contributed by atoms with E-state index < -0.39 is 0 Å². The smallest absolute Gasteiger partial charge is 0.140 e. The van der Waals surface area contributed by atoms with Gasteiger partial charge in [0.25, 0.3) is 0 Å². The summed E-state index contributed by atoms with van der Waals surface area (Å²) < 4.78 is 1.89. The molecule has 4 heterocycles. The van der Waals surface area contributed by atoms with E-state index in [1.807, 2.05) is 17.9 Å². The number of nitrogens with zero attached hydrogens (tertiary/aromatic N) is 5. The molecule has 1 fully saturated rings. The van der Waals surface area contributed by atoms with Crippen LogP contribution in [0.25, 0.3) is 10.2 Å². The second-order valence-corrected chi connectivity index (χ2v) is 6.44. The van der Waals surface area contributed by atoms with Crippen molar-refractivity contribution < 1.29 is 0 Å². The first-order valence-electron chi connectivity index (χ1n) is 7.23. The van der Waals surface area contributed by atoms with Gasteiger partial charge in [-0.1, -0.05) is 0 Å². The van der Waals surface area contributed by atoms with E-state index in [4.69, 9.17) is 0 Å². The topological polar surface area (TPSA) is 46.8 Å². The molecule has 0 bridgehead atoms. The third-order valence-electron chi connectivity index (χ3n) is 4.23. The van der Waals surface area contributed by atoms with Gasteiger partial charge in [-0.05, 0) is 35.8 Å². The molecular weight excluding hydrogens is 282 g/mol. The highest BCUT2D eigenvalue weighted by Gasteiger charge is 2.23. The van der Waals surface area contributed by atoms with E-state index >= 15 is 0 Å². The first-order chi connectivity index (χ1) is 10.3. The first kappa shape index (κ1) is 12.8. The van der Waals surface area contributed by atoms with E-state index in [0.717, 1.165) is 36.6 Å². The van der Waals surface area contributed by atoms with Crippen LogP contribution in [0.15, 0.2) is 30.2 Å². The van der Waals surface area contributed by atoms with E-state index in [-0.39, 0.29) is 0 Å². The Bertz CT molecular complexity index is 754. The number of rotatable bonds is 2. The lowest BCUT2D eigenvalue weighted by Crippen LogP contribution is -2.33. The molecule has 21 heavy (non-hydrogen) atoms. The molecule has 1 saturated heterocycles. The number of aromatic nitrogens is 4. The van der Waals surface area contributed by atoms with Gasteiger partial charge in [-0.3, -0.25) is 4.68 Å². The van der Waals surface area contributed by atoms with Crippen LogP contribution >= 0.6 is 11.3 Å². The number of thiophene rings is 1. The fourth-order valence-corrected chi connectivity index (χ4v) is 3.83. The Balaban J connectivity index is 1.53. The van der Waals surface area contributed by atoms with Crippen molar-refractivity contribution in [2.45, 2.75) is 18.8 Å². The molecule has 6 heteroatoms. The Morgan fingerprint density at radius 2 is 2.10 bits per heavy atom. The summed E-state index contributed by atoms with van der Waals surface area (Å²) in [6, 6.07) is 2.13. The van der Waals surface area contributed by atoms with Crippen LogP contribution in [-0.2, 0) is 7.05 Å². The minimum absolute atomic E-state index is 0.620. The predicted molar refractivity (Wildman–Crippen MR) is 84.8 cm³/mol. The van der Waals surface area contributed by atoms with Gasteiger partial charge in [0.2, 0.25) is 0 Å². The van der Waals surface area contributed by atoms with E-state index in [1.54, 1.807) is 17.7 Å². The van der Waals surface area contributed by atoms with Crippen LogP contribution in [0.3, 0.4) is 0 Å².